The number of nitrogens with zero attached hydrogens (tertiary/aromatic N) is 1. The van der Waals surface area contributed by atoms with Crippen LogP contribution in [0.4, 0.5) is 10.1 Å². The number of hydrogen-bond acceptors (Lipinski definition) is 4. The number of aromatic carboxylic acids is 1. The van der Waals surface area contributed by atoms with E-state index in [4.69, 9.17) is 5.11 Å². The van der Waals surface area contributed by atoms with Crippen LogP contribution in [0, 0.1) is 5.82 Å². The zero-order valence-electron chi connectivity index (χ0n) is 18.0. The highest BCUT2D eigenvalue weighted by molar-refractivity contribution is 5.94. The molecule has 3 aromatic carbocycles. The zero-order valence-corrected chi connectivity index (χ0v) is 18.0. The van der Waals surface area contributed by atoms with Crippen molar-refractivity contribution in [3.05, 3.63) is 110 Å². The maximum Gasteiger partial charge on any atom is 0.335 e. The molecule has 8 nitrogen and oxygen atoms in total. The number of carboxylic acids is 1. The average Bonchev–Trinajstić information content (AvgIpc) is 2.79. The van der Waals surface area contributed by atoms with Gasteiger partial charge < -0.3 is 15.4 Å². The summed E-state index contributed by atoms with van der Waals surface area (Å²) in [7, 11) is 0. The molecule has 0 aliphatic carbocycles. The lowest BCUT2D eigenvalue weighted by Gasteiger charge is -2.16. The maximum absolute atomic E-state index is 13.4. The van der Waals surface area contributed by atoms with Crippen molar-refractivity contribution < 1.29 is 19.1 Å². The third-order valence-corrected chi connectivity index (χ3v) is 5.49. The molecule has 1 heterocycles. The molecule has 0 bridgehead atoms. The number of aromatic amines is 1. The molecular formula is C25H20FN3O5. The molecule has 0 aliphatic heterocycles. The van der Waals surface area contributed by atoms with E-state index in [1.54, 1.807) is 31.2 Å². The molecule has 1 aromatic heterocycles. The molecule has 4 aromatic rings. The highest BCUT2D eigenvalue weighted by atomic mass is 19.1. The SMILES string of the molecule is CC(c1ccc(C(=O)O)cc1)n1c(=O)[nH]c2ccc(NC(=O)Cc3cccc(F)c3)cc2c1=O. The number of rotatable bonds is 6. The van der Waals surface area contributed by atoms with Crippen LogP contribution >= 0.6 is 0 Å². The molecule has 1 atom stereocenters. The number of carbonyl (C=O) groups is 2. The molecule has 0 saturated heterocycles. The first-order chi connectivity index (χ1) is 16.2. The molecular weight excluding hydrogens is 441 g/mol. The Morgan fingerprint density at radius 3 is 2.47 bits per heavy atom. The van der Waals surface area contributed by atoms with Crippen LogP contribution in [0.25, 0.3) is 10.9 Å². The molecule has 9 heteroatoms. The molecule has 1 amide bonds. The number of anilines is 1. The number of amides is 1. The van der Waals surface area contributed by atoms with Gasteiger partial charge >= 0.3 is 11.7 Å². The summed E-state index contributed by atoms with van der Waals surface area (Å²) in [5, 5.41) is 11.9. The summed E-state index contributed by atoms with van der Waals surface area (Å²) in [4.78, 5) is 52.0. The Morgan fingerprint density at radius 1 is 1.06 bits per heavy atom. The Morgan fingerprint density at radius 2 is 1.79 bits per heavy atom. The van der Waals surface area contributed by atoms with Crippen molar-refractivity contribution in [1.29, 1.82) is 0 Å². The fourth-order valence-corrected chi connectivity index (χ4v) is 3.75. The predicted octanol–water partition coefficient (Wildman–Crippen LogP) is 3.32. The fraction of sp³-hybridized carbons (Fsp3) is 0.120. The first kappa shape index (κ1) is 22.7. The third kappa shape index (κ3) is 4.63. The second kappa shape index (κ2) is 9.14. The Balaban J connectivity index is 1.65. The van der Waals surface area contributed by atoms with Crippen molar-refractivity contribution in [3.63, 3.8) is 0 Å². The average molecular weight is 461 g/mol. The Kier molecular flexibility index (Phi) is 6.09. The van der Waals surface area contributed by atoms with Crippen molar-refractivity contribution in [2.75, 3.05) is 5.32 Å². The van der Waals surface area contributed by atoms with E-state index < -0.39 is 29.1 Å². The van der Waals surface area contributed by atoms with Gasteiger partial charge in [-0.05, 0) is 60.5 Å². The van der Waals surface area contributed by atoms with Crippen molar-refractivity contribution >= 4 is 28.5 Å². The van der Waals surface area contributed by atoms with Gasteiger partial charge in [0.15, 0.2) is 0 Å². The molecule has 0 spiro atoms. The van der Waals surface area contributed by atoms with Gasteiger partial charge in [-0.25, -0.2) is 14.0 Å². The van der Waals surface area contributed by atoms with Crippen molar-refractivity contribution in [2.45, 2.75) is 19.4 Å². The van der Waals surface area contributed by atoms with Crippen LogP contribution in [0.15, 0.2) is 76.3 Å². The van der Waals surface area contributed by atoms with E-state index in [1.807, 2.05) is 0 Å². The zero-order chi connectivity index (χ0) is 24.4. The monoisotopic (exact) mass is 461 g/mol. The van der Waals surface area contributed by atoms with Gasteiger partial charge in [0.05, 0.1) is 28.9 Å². The highest BCUT2D eigenvalue weighted by Crippen LogP contribution is 2.18. The number of halogens is 1. The topological polar surface area (TPSA) is 121 Å². The molecule has 0 radical (unpaired) electrons. The summed E-state index contributed by atoms with van der Waals surface area (Å²) < 4.78 is 14.4. The molecule has 0 saturated carbocycles. The number of hydrogen-bond donors (Lipinski definition) is 3. The van der Waals surface area contributed by atoms with E-state index in [9.17, 15) is 23.6 Å². The molecule has 1 unspecified atom stereocenters. The van der Waals surface area contributed by atoms with Crippen LogP contribution in [0.1, 0.15) is 34.5 Å². The summed E-state index contributed by atoms with van der Waals surface area (Å²) in [6, 6.07) is 15.5. The minimum absolute atomic E-state index is 0.0466. The van der Waals surface area contributed by atoms with Crippen LogP contribution in [0.5, 0.6) is 0 Å². The molecule has 172 valence electrons. The number of benzene rings is 3. The Labute approximate surface area is 192 Å². The van der Waals surface area contributed by atoms with Gasteiger partial charge in [0.2, 0.25) is 5.91 Å². The molecule has 34 heavy (non-hydrogen) atoms. The number of carboxylic acid groups (broad SMARTS) is 1. The van der Waals surface area contributed by atoms with Crippen LogP contribution in [-0.2, 0) is 11.2 Å². The van der Waals surface area contributed by atoms with Crippen LogP contribution in [0.3, 0.4) is 0 Å². The van der Waals surface area contributed by atoms with Gasteiger partial charge in [0.1, 0.15) is 5.82 Å². The van der Waals surface area contributed by atoms with Gasteiger partial charge in [0.25, 0.3) is 5.56 Å². The molecule has 0 aliphatic rings. The normalized spacial score (nSPS) is 11.8. The quantitative estimate of drug-likeness (QED) is 0.407. The van der Waals surface area contributed by atoms with Crippen molar-refractivity contribution in [2.24, 2.45) is 0 Å². The molecule has 3 N–H and O–H groups in total. The van der Waals surface area contributed by atoms with Crippen LogP contribution in [-0.4, -0.2) is 26.5 Å². The Hall–Kier alpha value is -4.53. The van der Waals surface area contributed by atoms with E-state index in [1.165, 1.54) is 42.5 Å². The van der Waals surface area contributed by atoms with E-state index in [-0.39, 0.29) is 23.3 Å². The fourth-order valence-electron chi connectivity index (χ4n) is 3.75. The number of nitrogens with one attached hydrogen (secondary N) is 2. The van der Waals surface area contributed by atoms with E-state index in [0.29, 0.717) is 22.3 Å². The largest absolute Gasteiger partial charge is 0.478 e. The highest BCUT2D eigenvalue weighted by Gasteiger charge is 2.17. The number of carbonyl (C=O) groups excluding carboxylic acids is 1. The van der Waals surface area contributed by atoms with E-state index >= 15 is 0 Å². The van der Waals surface area contributed by atoms with Gasteiger partial charge in [0, 0.05) is 5.69 Å². The lowest BCUT2D eigenvalue weighted by molar-refractivity contribution is -0.115. The summed E-state index contributed by atoms with van der Waals surface area (Å²) >= 11 is 0. The maximum atomic E-state index is 13.4. The lowest BCUT2D eigenvalue weighted by Crippen LogP contribution is -2.37. The minimum atomic E-state index is -1.08. The molecule has 0 fully saturated rings. The standard InChI is InChI=1S/C25H20FN3O5/c1-14(16-5-7-17(8-6-16)24(32)33)29-23(31)20-13-19(9-10-21(20)28-25(29)34)27-22(30)12-15-3-2-4-18(26)11-15/h2-11,13-14H,12H2,1H3,(H,27,30)(H,28,34)(H,32,33). The minimum Gasteiger partial charge on any atom is -0.478 e. The van der Waals surface area contributed by atoms with E-state index in [0.717, 1.165) is 4.57 Å². The third-order valence-electron chi connectivity index (χ3n) is 5.49. The number of fused-ring (bicyclic) bond motifs is 1. The number of H-pyrrole nitrogens is 1. The van der Waals surface area contributed by atoms with Crippen molar-refractivity contribution in [3.8, 4) is 0 Å². The summed E-state index contributed by atoms with van der Waals surface area (Å²) in [5.74, 6) is -1.90. The van der Waals surface area contributed by atoms with Crippen molar-refractivity contribution in [1.82, 2.24) is 9.55 Å². The van der Waals surface area contributed by atoms with Gasteiger partial charge in [-0.3, -0.25) is 14.2 Å². The summed E-state index contributed by atoms with van der Waals surface area (Å²) in [6.07, 6.45) is -0.0466. The number of aromatic nitrogens is 2. The van der Waals surface area contributed by atoms with Crippen LogP contribution < -0.4 is 16.6 Å². The van der Waals surface area contributed by atoms with Gasteiger partial charge in [-0.2, -0.15) is 0 Å². The Bertz CT molecular complexity index is 1520. The van der Waals surface area contributed by atoms with Gasteiger partial charge in [-0.15, -0.1) is 0 Å². The lowest BCUT2D eigenvalue weighted by atomic mass is 10.1. The first-order valence-electron chi connectivity index (χ1n) is 10.4. The first-order valence-corrected chi connectivity index (χ1v) is 10.4. The second-order valence-electron chi connectivity index (χ2n) is 7.82. The predicted molar refractivity (Wildman–Crippen MR) is 125 cm³/mol. The smallest absolute Gasteiger partial charge is 0.335 e. The van der Waals surface area contributed by atoms with E-state index in [2.05, 4.69) is 10.3 Å². The van der Waals surface area contributed by atoms with Gasteiger partial charge in [-0.1, -0.05) is 24.3 Å². The second-order valence-corrected chi connectivity index (χ2v) is 7.82. The van der Waals surface area contributed by atoms with Crippen LogP contribution in [0.2, 0.25) is 0 Å². The molecule has 4 rings (SSSR count). The summed E-state index contributed by atoms with van der Waals surface area (Å²) in [5.41, 5.74) is 0.662. The summed E-state index contributed by atoms with van der Waals surface area (Å²) in [6.45, 7) is 1.66.